The van der Waals surface area contributed by atoms with Crippen LogP contribution in [-0.4, -0.2) is 27.9 Å². The van der Waals surface area contributed by atoms with Gasteiger partial charge < -0.3 is 15.3 Å². The molecular weight excluding hydrogens is 310 g/mol. The van der Waals surface area contributed by atoms with Crippen LogP contribution in [0.15, 0.2) is 53.3 Å². The fourth-order valence-electron chi connectivity index (χ4n) is 2.28. The molecule has 0 aliphatic rings. The smallest absolute Gasteiger partial charge is 0.294 e. The maximum absolute atomic E-state index is 12.2. The molecule has 0 fully saturated rings. The minimum absolute atomic E-state index is 0.228. The second-order valence-electron chi connectivity index (χ2n) is 5.10. The first kappa shape index (κ1) is 15.5. The number of nitrogens with zero attached hydrogens (tertiary/aromatic N) is 2. The normalized spacial score (nSPS) is 10.5. The first-order valence-corrected chi connectivity index (χ1v) is 7.22. The van der Waals surface area contributed by atoms with Gasteiger partial charge in [-0.05, 0) is 29.8 Å². The Kier molecular flexibility index (Phi) is 4.15. The topological polar surface area (TPSA) is 93.5 Å². The van der Waals surface area contributed by atoms with Crippen LogP contribution in [0.1, 0.15) is 16.2 Å². The summed E-state index contributed by atoms with van der Waals surface area (Å²) in [6, 6.07) is 13.7. The third-order valence-corrected chi connectivity index (χ3v) is 3.57. The van der Waals surface area contributed by atoms with E-state index in [1.165, 1.54) is 6.07 Å². The molecule has 1 aromatic heterocycles. The molecule has 2 aromatic carbocycles. The molecule has 2 N–H and O–H groups in total. The number of amides is 1. The van der Waals surface area contributed by atoms with Crippen LogP contribution in [0, 0.1) is 0 Å². The van der Waals surface area contributed by atoms with Gasteiger partial charge in [-0.1, -0.05) is 24.3 Å². The lowest BCUT2D eigenvalue weighted by Gasteiger charge is -2.09. The van der Waals surface area contributed by atoms with Crippen molar-refractivity contribution in [2.24, 2.45) is 0 Å². The molecule has 7 heteroatoms. The van der Waals surface area contributed by atoms with Gasteiger partial charge in [0.05, 0.1) is 18.0 Å². The van der Waals surface area contributed by atoms with E-state index in [0.717, 1.165) is 5.56 Å². The highest BCUT2D eigenvalue weighted by Gasteiger charge is 2.16. The fourth-order valence-corrected chi connectivity index (χ4v) is 2.28. The zero-order chi connectivity index (χ0) is 17.1. The SMILES string of the molecule is COc1ccc(CNC(=O)c2nc3ccccc3c(=O)n2O)cc1. The molecule has 122 valence electrons. The molecule has 0 aliphatic carbocycles. The summed E-state index contributed by atoms with van der Waals surface area (Å²) in [7, 11) is 1.57. The lowest BCUT2D eigenvalue weighted by Crippen LogP contribution is -2.32. The van der Waals surface area contributed by atoms with Crippen molar-refractivity contribution in [2.75, 3.05) is 7.11 Å². The quantitative estimate of drug-likeness (QED) is 0.710. The summed E-state index contributed by atoms with van der Waals surface area (Å²) in [5.74, 6) is -0.283. The van der Waals surface area contributed by atoms with Crippen molar-refractivity contribution in [1.82, 2.24) is 15.0 Å². The number of benzene rings is 2. The third-order valence-electron chi connectivity index (χ3n) is 3.57. The van der Waals surface area contributed by atoms with Crippen LogP contribution in [0.25, 0.3) is 10.9 Å². The van der Waals surface area contributed by atoms with E-state index in [1.54, 1.807) is 49.6 Å². The van der Waals surface area contributed by atoms with Crippen LogP contribution in [0.2, 0.25) is 0 Å². The number of hydrogen-bond acceptors (Lipinski definition) is 5. The minimum atomic E-state index is -0.685. The van der Waals surface area contributed by atoms with Crippen LogP contribution in [0.4, 0.5) is 0 Å². The van der Waals surface area contributed by atoms with Crippen molar-refractivity contribution >= 4 is 16.8 Å². The summed E-state index contributed by atoms with van der Waals surface area (Å²) >= 11 is 0. The van der Waals surface area contributed by atoms with Gasteiger partial charge in [-0.15, -0.1) is 4.73 Å². The van der Waals surface area contributed by atoms with Crippen molar-refractivity contribution in [2.45, 2.75) is 6.54 Å². The molecule has 0 saturated heterocycles. The molecule has 24 heavy (non-hydrogen) atoms. The maximum atomic E-state index is 12.2. The summed E-state index contributed by atoms with van der Waals surface area (Å²) in [4.78, 5) is 28.4. The molecule has 3 aromatic rings. The second-order valence-corrected chi connectivity index (χ2v) is 5.10. The Labute approximate surface area is 137 Å². The molecule has 0 radical (unpaired) electrons. The van der Waals surface area contributed by atoms with Crippen molar-refractivity contribution in [1.29, 1.82) is 0 Å². The highest BCUT2D eigenvalue weighted by atomic mass is 16.5. The number of methoxy groups -OCH3 is 1. The average Bonchev–Trinajstić information content (AvgIpc) is 2.63. The molecule has 0 spiro atoms. The Morgan fingerprint density at radius 3 is 2.62 bits per heavy atom. The molecular formula is C17H15N3O4. The Bertz CT molecular complexity index is 948. The minimum Gasteiger partial charge on any atom is -0.497 e. The maximum Gasteiger partial charge on any atom is 0.294 e. The predicted molar refractivity (Wildman–Crippen MR) is 87.4 cm³/mol. The molecule has 7 nitrogen and oxygen atoms in total. The molecule has 1 amide bonds. The number of rotatable bonds is 4. The van der Waals surface area contributed by atoms with E-state index >= 15 is 0 Å². The van der Waals surface area contributed by atoms with Gasteiger partial charge in [0.2, 0.25) is 5.82 Å². The Balaban J connectivity index is 1.83. The van der Waals surface area contributed by atoms with Crippen LogP contribution in [0.3, 0.4) is 0 Å². The molecule has 0 atom stereocenters. The number of carbonyl (C=O) groups excluding carboxylic acids is 1. The Morgan fingerprint density at radius 2 is 1.92 bits per heavy atom. The first-order chi connectivity index (χ1) is 11.6. The van der Waals surface area contributed by atoms with E-state index in [9.17, 15) is 14.8 Å². The van der Waals surface area contributed by atoms with Gasteiger partial charge in [-0.3, -0.25) is 9.59 Å². The monoisotopic (exact) mass is 325 g/mol. The highest BCUT2D eigenvalue weighted by Crippen LogP contribution is 2.11. The Hall–Kier alpha value is -3.35. The van der Waals surface area contributed by atoms with E-state index in [0.29, 0.717) is 11.3 Å². The van der Waals surface area contributed by atoms with E-state index in [4.69, 9.17) is 4.74 Å². The zero-order valence-corrected chi connectivity index (χ0v) is 12.9. The third kappa shape index (κ3) is 2.91. The predicted octanol–water partition coefficient (Wildman–Crippen LogP) is 1.57. The number of aromatic nitrogens is 2. The van der Waals surface area contributed by atoms with Gasteiger partial charge >= 0.3 is 0 Å². The number of carbonyl (C=O) groups is 1. The number of fused-ring (bicyclic) bond motifs is 1. The van der Waals surface area contributed by atoms with Gasteiger partial charge in [0, 0.05) is 6.54 Å². The number of hydrogen-bond donors (Lipinski definition) is 2. The first-order valence-electron chi connectivity index (χ1n) is 7.22. The summed E-state index contributed by atoms with van der Waals surface area (Å²) in [5, 5.41) is 12.8. The van der Waals surface area contributed by atoms with Crippen molar-refractivity contribution < 1.29 is 14.7 Å². The van der Waals surface area contributed by atoms with Crippen molar-refractivity contribution in [3.63, 3.8) is 0 Å². The van der Waals surface area contributed by atoms with Gasteiger partial charge in [-0.2, -0.15) is 0 Å². The molecule has 3 rings (SSSR count). The highest BCUT2D eigenvalue weighted by molar-refractivity contribution is 5.92. The van der Waals surface area contributed by atoms with Crippen molar-refractivity contribution in [3.8, 4) is 5.75 Å². The molecule has 0 bridgehead atoms. The Morgan fingerprint density at radius 1 is 1.21 bits per heavy atom. The summed E-state index contributed by atoms with van der Waals surface area (Å²) in [5.41, 5.74) is 0.509. The molecule has 0 aliphatic heterocycles. The largest absolute Gasteiger partial charge is 0.497 e. The lowest BCUT2D eigenvalue weighted by atomic mass is 10.2. The van der Waals surface area contributed by atoms with E-state index < -0.39 is 11.5 Å². The number of ether oxygens (including phenoxy) is 1. The van der Waals surface area contributed by atoms with Crippen LogP contribution < -0.4 is 15.6 Å². The standard InChI is InChI=1S/C17H15N3O4/c1-24-12-8-6-11(7-9-12)10-18-16(21)15-19-14-5-3-2-4-13(14)17(22)20(15)23/h2-9,23H,10H2,1H3,(H,18,21). The molecule has 1 heterocycles. The van der Waals surface area contributed by atoms with Gasteiger partial charge in [0.1, 0.15) is 5.75 Å². The second kappa shape index (κ2) is 6.41. The zero-order valence-electron chi connectivity index (χ0n) is 12.9. The van der Waals surface area contributed by atoms with Crippen LogP contribution in [0.5, 0.6) is 5.75 Å². The summed E-state index contributed by atoms with van der Waals surface area (Å²) < 4.78 is 5.33. The summed E-state index contributed by atoms with van der Waals surface area (Å²) in [6.45, 7) is 0.228. The van der Waals surface area contributed by atoms with Gasteiger partial charge in [0.25, 0.3) is 11.5 Å². The average molecular weight is 325 g/mol. The van der Waals surface area contributed by atoms with E-state index in [2.05, 4.69) is 10.3 Å². The molecule has 0 unspecified atom stereocenters. The van der Waals surface area contributed by atoms with Gasteiger partial charge in [-0.25, -0.2) is 4.98 Å². The van der Waals surface area contributed by atoms with Crippen LogP contribution >= 0.6 is 0 Å². The van der Waals surface area contributed by atoms with E-state index in [1.807, 2.05) is 0 Å². The number of nitrogens with one attached hydrogen (secondary N) is 1. The van der Waals surface area contributed by atoms with Crippen molar-refractivity contribution in [3.05, 3.63) is 70.3 Å². The fraction of sp³-hybridized carbons (Fsp3) is 0.118. The lowest BCUT2D eigenvalue weighted by molar-refractivity contribution is 0.0878. The van der Waals surface area contributed by atoms with Gasteiger partial charge in [0.15, 0.2) is 0 Å². The molecule has 0 saturated carbocycles. The van der Waals surface area contributed by atoms with E-state index in [-0.39, 0.29) is 22.5 Å². The van der Waals surface area contributed by atoms with Crippen LogP contribution in [-0.2, 0) is 6.54 Å². The summed E-state index contributed by atoms with van der Waals surface area (Å²) in [6.07, 6.45) is 0. The number of para-hydroxylation sites is 1.